The van der Waals surface area contributed by atoms with Gasteiger partial charge in [0.25, 0.3) is 0 Å². The summed E-state index contributed by atoms with van der Waals surface area (Å²) in [5.41, 5.74) is 0. The molecule has 70 valence electrons. The molecule has 0 aliphatic carbocycles. The fourth-order valence-electron chi connectivity index (χ4n) is 0.853. The van der Waals surface area contributed by atoms with Crippen LogP contribution in [-0.4, -0.2) is 15.9 Å². The third-order valence-electron chi connectivity index (χ3n) is 1.76. The SMILES string of the molecule is C=CCC(Br)CCC(C)C(=O)O. The van der Waals surface area contributed by atoms with Crippen molar-refractivity contribution in [2.75, 3.05) is 0 Å². The van der Waals surface area contributed by atoms with Crippen LogP contribution >= 0.6 is 15.9 Å². The monoisotopic (exact) mass is 234 g/mol. The van der Waals surface area contributed by atoms with Crippen LogP contribution in [0.3, 0.4) is 0 Å². The third-order valence-corrected chi connectivity index (χ3v) is 2.59. The predicted molar refractivity (Wildman–Crippen MR) is 53.6 cm³/mol. The summed E-state index contributed by atoms with van der Waals surface area (Å²) in [6.45, 7) is 5.35. The van der Waals surface area contributed by atoms with Gasteiger partial charge in [-0.2, -0.15) is 0 Å². The van der Waals surface area contributed by atoms with E-state index in [1.165, 1.54) is 0 Å². The highest BCUT2D eigenvalue weighted by Crippen LogP contribution is 2.16. The maximum absolute atomic E-state index is 10.4. The number of carbonyl (C=O) groups is 1. The van der Waals surface area contributed by atoms with E-state index in [4.69, 9.17) is 5.11 Å². The van der Waals surface area contributed by atoms with Gasteiger partial charge in [0, 0.05) is 4.83 Å². The molecule has 0 saturated heterocycles. The summed E-state index contributed by atoms with van der Waals surface area (Å²) in [4.78, 5) is 10.8. The van der Waals surface area contributed by atoms with Crippen molar-refractivity contribution in [2.45, 2.75) is 31.0 Å². The van der Waals surface area contributed by atoms with Crippen LogP contribution in [-0.2, 0) is 4.79 Å². The Bertz CT molecular complexity index is 157. The number of carboxylic acids is 1. The molecule has 2 nitrogen and oxygen atoms in total. The highest BCUT2D eigenvalue weighted by atomic mass is 79.9. The Hall–Kier alpha value is -0.310. The molecule has 0 amide bonds. The van der Waals surface area contributed by atoms with Gasteiger partial charge in [0.2, 0.25) is 0 Å². The molecule has 0 radical (unpaired) electrons. The molecular formula is C9H15BrO2. The summed E-state index contributed by atoms with van der Waals surface area (Å²) in [5, 5.41) is 8.59. The van der Waals surface area contributed by atoms with E-state index in [-0.39, 0.29) is 5.92 Å². The quantitative estimate of drug-likeness (QED) is 0.567. The van der Waals surface area contributed by atoms with E-state index in [9.17, 15) is 4.79 Å². The van der Waals surface area contributed by atoms with Crippen LogP contribution in [0.15, 0.2) is 12.7 Å². The minimum Gasteiger partial charge on any atom is -0.481 e. The van der Waals surface area contributed by atoms with E-state index in [2.05, 4.69) is 22.5 Å². The third kappa shape index (κ3) is 5.35. The number of carboxylic acid groups (broad SMARTS) is 1. The first kappa shape index (κ1) is 11.7. The van der Waals surface area contributed by atoms with E-state index >= 15 is 0 Å². The molecule has 0 aromatic rings. The second-order valence-corrected chi connectivity index (χ2v) is 4.23. The number of rotatable bonds is 6. The Morgan fingerprint density at radius 3 is 2.67 bits per heavy atom. The molecule has 0 rings (SSSR count). The largest absolute Gasteiger partial charge is 0.481 e. The predicted octanol–water partition coefficient (Wildman–Crippen LogP) is 2.83. The first-order chi connectivity index (χ1) is 5.57. The molecule has 0 aromatic carbocycles. The van der Waals surface area contributed by atoms with E-state index in [1.54, 1.807) is 6.92 Å². The van der Waals surface area contributed by atoms with E-state index < -0.39 is 5.97 Å². The van der Waals surface area contributed by atoms with Crippen molar-refractivity contribution in [1.29, 1.82) is 0 Å². The summed E-state index contributed by atoms with van der Waals surface area (Å²) in [6, 6.07) is 0. The summed E-state index contributed by atoms with van der Waals surface area (Å²) < 4.78 is 0. The molecule has 12 heavy (non-hydrogen) atoms. The average Bonchev–Trinajstić information content (AvgIpc) is 2.00. The van der Waals surface area contributed by atoms with Crippen LogP contribution < -0.4 is 0 Å². The topological polar surface area (TPSA) is 37.3 Å². The van der Waals surface area contributed by atoms with Gasteiger partial charge in [0.05, 0.1) is 5.92 Å². The van der Waals surface area contributed by atoms with E-state index in [0.29, 0.717) is 4.83 Å². The lowest BCUT2D eigenvalue weighted by Gasteiger charge is -2.09. The van der Waals surface area contributed by atoms with Crippen molar-refractivity contribution in [1.82, 2.24) is 0 Å². The number of alkyl halides is 1. The van der Waals surface area contributed by atoms with Crippen molar-refractivity contribution in [3.05, 3.63) is 12.7 Å². The molecule has 0 aliphatic heterocycles. The molecule has 3 heteroatoms. The first-order valence-corrected chi connectivity index (χ1v) is 4.97. The summed E-state index contributed by atoms with van der Waals surface area (Å²) in [6.07, 6.45) is 4.34. The number of hydrogen-bond donors (Lipinski definition) is 1. The molecule has 2 atom stereocenters. The van der Waals surface area contributed by atoms with Gasteiger partial charge in [-0.3, -0.25) is 4.79 Å². The lowest BCUT2D eigenvalue weighted by Crippen LogP contribution is -2.11. The standard InChI is InChI=1S/C9H15BrO2/c1-3-4-8(10)6-5-7(2)9(11)12/h3,7-8H,1,4-6H2,2H3,(H,11,12). The zero-order chi connectivity index (χ0) is 9.56. The minimum atomic E-state index is -0.715. The molecule has 0 spiro atoms. The van der Waals surface area contributed by atoms with Crippen LogP contribution in [0.4, 0.5) is 0 Å². The van der Waals surface area contributed by atoms with Crippen molar-refractivity contribution in [3.63, 3.8) is 0 Å². The second kappa shape index (κ2) is 6.23. The first-order valence-electron chi connectivity index (χ1n) is 4.05. The van der Waals surface area contributed by atoms with Gasteiger partial charge >= 0.3 is 5.97 Å². The number of hydrogen-bond acceptors (Lipinski definition) is 1. The zero-order valence-electron chi connectivity index (χ0n) is 7.29. The molecule has 1 N–H and O–H groups in total. The Balaban J connectivity index is 3.53. The summed E-state index contributed by atoms with van der Waals surface area (Å²) in [7, 11) is 0. The molecule has 0 heterocycles. The van der Waals surface area contributed by atoms with Crippen molar-refractivity contribution in [3.8, 4) is 0 Å². The molecule has 0 aromatic heterocycles. The fourth-order valence-corrected chi connectivity index (χ4v) is 1.38. The maximum Gasteiger partial charge on any atom is 0.306 e. The summed E-state index contributed by atoms with van der Waals surface area (Å²) in [5.74, 6) is -0.955. The van der Waals surface area contributed by atoms with E-state index in [1.807, 2.05) is 6.08 Å². The number of allylic oxidation sites excluding steroid dienone is 1. The molecule has 0 fully saturated rings. The van der Waals surface area contributed by atoms with Crippen LogP contribution in [0.1, 0.15) is 26.2 Å². The van der Waals surface area contributed by atoms with Gasteiger partial charge in [0.15, 0.2) is 0 Å². The Morgan fingerprint density at radius 2 is 2.25 bits per heavy atom. The second-order valence-electron chi connectivity index (χ2n) is 2.94. The lowest BCUT2D eigenvalue weighted by atomic mass is 10.0. The molecule has 0 bridgehead atoms. The molecule has 0 aliphatic rings. The molecule has 0 saturated carbocycles. The normalized spacial score (nSPS) is 15.2. The van der Waals surface area contributed by atoms with Crippen LogP contribution in [0.5, 0.6) is 0 Å². The van der Waals surface area contributed by atoms with Crippen molar-refractivity contribution in [2.24, 2.45) is 5.92 Å². The van der Waals surface area contributed by atoms with Gasteiger partial charge in [-0.05, 0) is 19.3 Å². The van der Waals surface area contributed by atoms with Gasteiger partial charge in [-0.1, -0.05) is 28.9 Å². The smallest absolute Gasteiger partial charge is 0.306 e. The van der Waals surface area contributed by atoms with Crippen LogP contribution in [0.25, 0.3) is 0 Å². The van der Waals surface area contributed by atoms with E-state index in [0.717, 1.165) is 19.3 Å². The lowest BCUT2D eigenvalue weighted by molar-refractivity contribution is -0.141. The maximum atomic E-state index is 10.4. The summed E-state index contributed by atoms with van der Waals surface area (Å²) >= 11 is 3.45. The van der Waals surface area contributed by atoms with Gasteiger partial charge in [-0.15, -0.1) is 6.58 Å². The Morgan fingerprint density at radius 1 is 1.67 bits per heavy atom. The highest BCUT2D eigenvalue weighted by Gasteiger charge is 2.12. The van der Waals surface area contributed by atoms with Gasteiger partial charge in [-0.25, -0.2) is 0 Å². The Kier molecular flexibility index (Phi) is 6.07. The Labute approximate surface area is 81.8 Å². The average molecular weight is 235 g/mol. The highest BCUT2D eigenvalue weighted by molar-refractivity contribution is 9.09. The number of aliphatic carboxylic acids is 1. The van der Waals surface area contributed by atoms with Crippen molar-refractivity contribution < 1.29 is 9.90 Å². The van der Waals surface area contributed by atoms with Crippen LogP contribution in [0, 0.1) is 5.92 Å². The van der Waals surface area contributed by atoms with Crippen LogP contribution in [0.2, 0.25) is 0 Å². The molecule has 2 unspecified atom stereocenters. The van der Waals surface area contributed by atoms with Gasteiger partial charge < -0.3 is 5.11 Å². The van der Waals surface area contributed by atoms with Gasteiger partial charge in [0.1, 0.15) is 0 Å². The van der Waals surface area contributed by atoms with Crippen molar-refractivity contribution >= 4 is 21.9 Å². The zero-order valence-corrected chi connectivity index (χ0v) is 8.88. The minimum absolute atomic E-state index is 0.241. The fraction of sp³-hybridized carbons (Fsp3) is 0.667. The molecular weight excluding hydrogens is 220 g/mol. The number of halogens is 1.